The number of nitrogens with one attached hydrogen (secondary N) is 1. The zero-order valence-electron chi connectivity index (χ0n) is 29.5. The molecule has 3 rings (SSSR count). The third-order valence-electron chi connectivity index (χ3n) is 7.52. The zero-order valence-corrected chi connectivity index (χ0v) is 29.5. The van der Waals surface area contributed by atoms with Crippen LogP contribution < -0.4 is 14.8 Å². The van der Waals surface area contributed by atoms with Crippen molar-refractivity contribution in [1.82, 2.24) is 14.9 Å². The molecule has 250 valence electrons. The molecule has 0 spiro atoms. The number of para-hydroxylation sites is 2. The second-order valence-corrected chi connectivity index (χ2v) is 10.5. The maximum absolute atomic E-state index is 12.1. The van der Waals surface area contributed by atoms with Crippen molar-refractivity contribution in [2.24, 2.45) is 0 Å². The third-order valence-corrected chi connectivity index (χ3v) is 7.52. The largest absolute Gasteiger partial charge is 0.493 e. The average Bonchev–Trinajstić information content (AvgIpc) is 3.21. The van der Waals surface area contributed by atoms with Crippen molar-refractivity contribution < 1.29 is 14.3 Å². The van der Waals surface area contributed by atoms with E-state index in [9.17, 15) is 4.79 Å². The van der Waals surface area contributed by atoms with Crippen LogP contribution in [-0.4, -0.2) is 29.3 Å². The minimum Gasteiger partial charge on any atom is -0.493 e. The highest BCUT2D eigenvalue weighted by molar-refractivity contribution is 5.71. The number of unbranched alkanes of at least 4 members (excludes halogenated alkanes) is 4. The molecule has 0 saturated heterocycles. The lowest BCUT2D eigenvalue weighted by Crippen LogP contribution is -2.27. The van der Waals surface area contributed by atoms with Gasteiger partial charge in [-0.2, -0.15) is 0 Å². The van der Waals surface area contributed by atoms with Gasteiger partial charge in [-0.05, 0) is 76.5 Å². The van der Waals surface area contributed by atoms with Crippen LogP contribution in [0.2, 0.25) is 0 Å². The minimum atomic E-state index is -0.446. The smallest absolute Gasteiger partial charge is 0.412 e. The van der Waals surface area contributed by atoms with E-state index in [-0.39, 0.29) is 0 Å². The highest BCUT2D eigenvalue weighted by Crippen LogP contribution is 2.34. The number of aromatic nitrogens is 2. The first-order valence-electron chi connectivity index (χ1n) is 17.4. The van der Waals surface area contributed by atoms with Gasteiger partial charge >= 0.3 is 6.09 Å². The number of carbonyl (C=O) groups is 1. The van der Waals surface area contributed by atoms with Crippen LogP contribution in [0.15, 0.2) is 66.8 Å². The Labute approximate surface area is 274 Å². The topological polar surface area (TPSA) is 65.4 Å². The highest BCUT2D eigenvalue weighted by atomic mass is 16.6. The zero-order chi connectivity index (χ0) is 33.3. The van der Waals surface area contributed by atoms with Gasteiger partial charge in [0.2, 0.25) is 0 Å². The minimum absolute atomic E-state index is 0.379. The molecule has 0 aliphatic heterocycles. The molecule has 1 N–H and O–H groups in total. The van der Waals surface area contributed by atoms with E-state index in [4.69, 9.17) is 14.5 Å². The average molecular weight is 620 g/mol. The second kappa shape index (κ2) is 24.7. The number of nitrogens with zero attached hydrogens (tertiary/aromatic N) is 2. The Balaban J connectivity index is 0.00000243. The molecule has 1 aromatic carbocycles. The van der Waals surface area contributed by atoms with Crippen molar-refractivity contribution >= 4 is 11.7 Å². The van der Waals surface area contributed by atoms with Gasteiger partial charge in [0.25, 0.3) is 0 Å². The molecule has 45 heavy (non-hydrogen) atoms. The van der Waals surface area contributed by atoms with Gasteiger partial charge in [-0.1, -0.05) is 109 Å². The summed E-state index contributed by atoms with van der Waals surface area (Å²) >= 11 is 0. The first-order valence-corrected chi connectivity index (χ1v) is 17.4. The summed E-state index contributed by atoms with van der Waals surface area (Å²) in [5.41, 5.74) is 3.93. The van der Waals surface area contributed by atoms with Crippen LogP contribution in [0.5, 0.6) is 11.5 Å². The molecule has 1 aliphatic carbocycles. The number of benzene rings is 1. The summed E-state index contributed by atoms with van der Waals surface area (Å²) in [5, 5.41) is 2.85. The Bertz CT molecular complexity index is 1210. The first-order chi connectivity index (χ1) is 22.1. The number of rotatable bonds is 16. The summed E-state index contributed by atoms with van der Waals surface area (Å²) in [7, 11) is 1.56. The summed E-state index contributed by atoms with van der Waals surface area (Å²) in [6.45, 7) is 16.1. The summed E-state index contributed by atoms with van der Waals surface area (Å²) in [6, 6.07) is 7.16. The van der Waals surface area contributed by atoms with E-state index in [1.54, 1.807) is 19.2 Å². The SMILES string of the molecule is C/C=C(\CC/C=C\CC)c1nc(C)n(CCCCCCCNC(=O)Oc2ccccc2OC)c1C1C=CC=CCC1.CC.CC. The Morgan fingerprint density at radius 2 is 1.73 bits per heavy atom. The van der Waals surface area contributed by atoms with Crippen molar-refractivity contribution in [2.75, 3.05) is 13.7 Å². The lowest BCUT2D eigenvalue weighted by molar-refractivity contribution is 0.198. The number of ether oxygens (including phenoxy) is 2. The Hall–Kier alpha value is -3.54. The van der Waals surface area contributed by atoms with E-state index >= 15 is 0 Å². The van der Waals surface area contributed by atoms with Gasteiger partial charge in [-0.15, -0.1) is 0 Å². The molecule has 1 heterocycles. The van der Waals surface area contributed by atoms with Crippen molar-refractivity contribution in [2.45, 2.75) is 125 Å². The third kappa shape index (κ3) is 14.0. The summed E-state index contributed by atoms with van der Waals surface area (Å²) in [6.07, 6.45) is 26.1. The van der Waals surface area contributed by atoms with Crippen molar-refractivity contribution in [1.29, 1.82) is 0 Å². The molecular weight excluding hydrogens is 558 g/mol. The van der Waals surface area contributed by atoms with E-state index in [1.165, 1.54) is 17.0 Å². The van der Waals surface area contributed by atoms with Crippen molar-refractivity contribution in [3.05, 3.63) is 84.0 Å². The standard InChI is InChI=1S/C35H49N3O3.2C2H6/c1-5-7-8-14-21-29(6-2)33-34(30-22-15-10-11-16-23-30)38(28(3)37-33)27-20-13-9-12-19-26-36-35(39)41-32-25-18-17-24-31(32)40-4;2*1-2/h6-8,10-11,15,17-18,22,24-25,30H,5,9,12-14,16,19-21,23,26-27H2,1-4H3,(H,36,39);2*1-2H3/b8-7-,29-6+;;. The van der Waals surface area contributed by atoms with E-state index in [0.29, 0.717) is 24.0 Å². The lowest BCUT2D eigenvalue weighted by atomic mass is 9.93. The van der Waals surface area contributed by atoms with Gasteiger partial charge in [-0.25, -0.2) is 9.78 Å². The number of methoxy groups -OCH3 is 1. The molecule has 1 atom stereocenters. The first kappa shape index (κ1) is 39.5. The van der Waals surface area contributed by atoms with Crippen LogP contribution in [0.25, 0.3) is 5.57 Å². The lowest BCUT2D eigenvalue weighted by Gasteiger charge is -2.19. The second-order valence-electron chi connectivity index (χ2n) is 10.5. The molecule has 0 fully saturated rings. The molecule has 1 aliphatic rings. The van der Waals surface area contributed by atoms with Gasteiger partial charge in [-0.3, -0.25) is 0 Å². The van der Waals surface area contributed by atoms with E-state index in [1.807, 2.05) is 39.8 Å². The van der Waals surface area contributed by atoms with Gasteiger partial charge in [0.05, 0.1) is 18.5 Å². The van der Waals surface area contributed by atoms with Crippen LogP contribution in [0, 0.1) is 6.92 Å². The molecule has 6 heteroatoms. The fourth-order valence-corrected chi connectivity index (χ4v) is 5.33. The fraction of sp³-hybridized carbons (Fsp3) is 0.538. The maximum atomic E-state index is 12.1. The predicted octanol–water partition coefficient (Wildman–Crippen LogP) is 11.1. The van der Waals surface area contributed by atoms with Crippen LogP contribution >= 0.6 is 0 Å². The summed E-state index contributed by atoms with van der Waals surface area (Å²) in [4.78, 5) is 17.3. The normalized spacial score (nSPS) is 14.2. The van der Waals surface area contributed by atoms with Crippen LogP contribution in [0.1, 0.15) is 129 Å². The molecule has 1 amide bonds. The molecule has 0 bridgehead atoms. The fourth-order valence-electron chi connectivity index (χ4n) is 5.33. The van der Waals surface area contributed by atoms with Gasteiger partial charge in [0, 0.05) is 19.0 Å². The van der Waals surface area contributed by atoms with E-state index in [0.717, 1.165) is 76.6 Å². The Morgan fingerprint density at radius 1 is 1.02 bits per heavy atom. The number of imidazole rings is 1. The number of hydrogen-bond acceptors (Lipinski definition) is 4. The quantitative estimate of drug-likeness (QED) is 0.150. The molecule has 2 aromatic rings. The Morgan fingerprint density at radius 3 is 2.44 bits per heavy atom. The number of hydrogen-bond donors (Lipinski definition) is 1. The van der Waals surface area contributed by atoms with Crippen molar-refractivity contribution in [3.8, 4) is 11.5 Å². The Kier molecular flexibility index (Phi) is 21.7. The summed E-state index contributed by atoms with van der Waals surface area (Å²) in [5.74, 6) is 2.46. The molecule has 1 unspecified atom stereocenters. The predicted molar refractivity (Wildman–Crippen MR) is 192 cm³/mol. The monoisotopic (exact) mass is 619 g/mol. The molecule has 0 radical (unpaired) electrons. The van der Waals surface area contributed by atoms with Gasteiger partial charge < -0.3 is 19.4 Å². The van der Waals surface area contributed by atoms with Crippen LogP contribution in [-0.2, 0) is 6.54 Å². The van der Waals surface area contributed by atoms with E-state index in [2.05, 4.69) is 73.2 Å². The van der Waals surface area contributed by atoms with E-state index < -0.39 is 6.09 Å². The number of aryl methyl sites for hydroxylation is 1. The van der Waals surface area contributed by atoms with Gasteiger partial charge in [0.1, 0.15) is 5.82 Å². The molecule has 0 saturated carbocycles. The highest BCUT2D eigenvalue weighted by Gasteiger charge is 2.23. The number of amides is 1. The molecule has 1 aromatic heterocycles. The van der Waals surface area contributed by atoms with Crippen LogP contribution in [0.4, 0.5) is 4.79 Å². The summed E-state index contributed by atoms with van der Waals surface area (Å²) < 4.78 is 13.1. The van der Waals surface area contributed by atoms with Crippen LogP contribution in [0.3, 0.4) is 0 Å². The molecular formula is C39H61N3O3. The van der Waals surface area contributed by atoms with Gasteiger partial charge in [0.15, 0.2) is 11.5 Å². The number of carbonyl (C=O) groups excluding carboxylic acids is 1. The molecule has 6 nitrogen and oxygen atoms in total. The number of allylic oxidation sites excluding steroid dienone is 8. The maximum Gasteiger partial charge on any atom is 0.412 e. The van der Waals surface area contributed by atoms with Crippen molar-refractivity contribution in [3.63, 3.8) is 0 Å².